The average Bonchev–Trinajstić information content (AvgIpc) is 2.40. The lowest BCUT2D eigenvalue weighted by atomic mass is 10.1. The molecule has 0 fully saturated rings. The van der Waals surface area contributed by atoms with Gasteiger partial charge in [-0.2, -0.15) is 0 Å². The van der Waals surface area contributed by atoms with Crippen LogP contribution in [0.4, 0.5) is 5.69 Å². The van der Waals surface area contributed by atoms with E-state index >= 15 is 0 Å². The van der Waals surface area contributed by atoms with Gasteiger partial charge in [-0.1, -0.05) is 30.7 Å². The van der Waals surface area contributed by atoms with E-state index in [0.717, 1.165) is 12.1 Å². The molecule has 0 saturated carbocycles. The monoisotopic (exact) mass is 259 g/mol. The lowest BCUT2D eigenvalue weighted by Crippen LogP contribution is -1.82. The van der Waals surface area contributed by atoms with Crippen LogP contribution in [0.3, 0.4) is 0 Å². The van der Waals surface area contributed by atoms with Crippen LogP contribution in [0.15, 0.2) is 47.5 Å². The van der Waals surface area contributed by atoms with E-state index in [4.69, 9.17) is 11.6 Å². The van der Waals surface area contributed by atoms with Crippen molar-refractivity contribution >= 4 is 23.5 Å². The van der Waals surface area contributed by atoms with E-state index in [1.54, 1.807) is 24.4 Å². The van der Waals surface area contributed by atoms with Crippen molar-refractivity contribution in [3.63, 3.8) is 0 Å². The zero-order chi connectivity index (χ0) is 13.0. The molecular formula is C15H14ClNO. The second kappa shape index (κ2) is 5.69. The van der Waals surface area contributed by atoms with Gasteiger partial charge in [-0.05, 0) is 42.3 Å². The summed E-state index contributed by atoms with van der Waals surface area (Å²) in [6.45, 7) is 2.11. The topological polar surface area (TPSA) is 32.6 Å². The maximum atomic E-state index is 9.65. The fourth-order valence-electron chi connectivity index (χ4n) is 1.59. The van der Waals surface area contributed by atoms with Crippen LogP contribution in [0, 0.1) is 0 Å². The van der Waals surface area contributed by atoms with Crippen molar-refractivity contribution < 1.29 is 5.11 Å². The molecule has 0 saturated heterocycles. The summed E-state index contributed by atoms with van der Waals surface area (Å²) in [6, 6.07) is 12.9. The third-order valence-corrected chi connectivity index (χ3v) is 2.92. The van der Waals surface area contributed by atoms with Gasteiger partial charge in [0.15, 0.2) is 0 Å². The third kappa shape index (κ3) is 3.11. The lowest BCUT2D eigenvalue weighted by Gasteiger charge is -2.00. The molecule has 0 atom stereocenters. The van der Waals surface area contributed by atoms with Crippen LogP contribution in [0.5, 0.6) is 5.75 Å². The van der Waals surface area contributed by atoms with Gasteiger partial charge < -0.3 is 5.11 Å². The van der Waals surface area contributed by atoms with Crippen molar-refractivity contribution in [1.82, 2.24) is 0 Å². The number of aromatic hydroxyl groups is 1. The van der Waals surface area contributed by atoms with Gasteiger partial charge in [-0.3, -0.25) is 4.99 Å². The van der Waals surface area contributed by atoms with E-state index < -0.39 is 0 Å². The van der Waals surface area contributed by atoms with Gasteiger partial charge >= 0.3 is 0 Å². The molecule has 0 spiro atoms. The highest BCUT2D eigenvalue weighted by molar-refractivity contribution is 6.30. The molecule has 3 heteroatoms. The first-order valence-electron chi connectivity index (χ1n) is 5.80. The number of halogens is 1. The van der Waals surface area contributed by atoms with Crippen molar-refractivity contribution in [1.29, 1.82) is 0 Å². The molecule has 18 heavy (non-hydrogen) atoms. The molecule has 0 heterocycles. The first kappa shape index (κ1) is 12.7. The van der Waals surface area contributed by atoms with E-state index in [0.29, 0.717) is 10.6 Å². The quantitative estimate of drug-likeness (QED) is 0.816. The molecule has 92 valence electrons. The summed E-state index contributed by atoms with van der Waals surface area (Å²) in [6.07, 6.45) is 2.63. The van der Waals surface area contributed by atoms with Crippen LogP contribution in [0.25, 0.3) is 0 Å². The minimum Gasteiger partial charge on any atom is -0.507 e. The SMILES string of the molecule is CCc1ccc(N=Cc2cc(Cl)ccc2O)cc1. The van der Waals surface area contributed by atoms with E-state index in [-0.39, 0.29) is 5.75 Å². The minimum atomic E-state index is 0.174. The normalized spacial score (nSPS) is 11.0. The third-order valence-electron chi connectivity index (χ3n) is 2.69. The van der Waals surface area contributed by atoms with Gasteiger partial charge in [0.25, 0.3) is 0 Å². The Morgan fingerprint density at radius 3 is 2.56 bits per heavy atom. The fraction of sp³-hybridized carbons (Fsp3) is 0.133. The average molecular weight is 260 g/mol. The molecule has 1 N–H and O–H groups in total. The van der Waals surface area contributed by atoms with E-state index in [1.165, 1.54) is 5.56 Å². The number of nitrogens with zero attached hydrogens (tertiary/aromatic N) is 1. The number of aliphatic imine (C=N–C) groups is 1. The molecule has 0 aromatic heterocycles. The number of benzene rings is 2. The van der Waals surface area contributed by atoms with Crippen LogP contribution in [-0.4, -0.2) is 11.3 Å². The summed E-state index contributed by atoms with van der Waals surface area (Å²) >= 11 is 5.87. The summed E-state index contributed by atoms with van der Waals surface area (Å²) in [5.74, 6) is 0.174. The second-order valence-electron chi connectivity index (χ2n) is 3.98. The zero-order valence-electron chi connectivity index (χ0n) is 10.1. The van der Waals surface area contributed by atoms with Crippen LogP contribution >= 0.6 is 11.6 Å². The Labute approximate surface area is 112 Å². The Kier molecular flexibility index (Phi) is 4.00. The maximum absolute atomic E-state index is 9.65. The van der Waals surface area contributed by atoms with Crippen molar-refractivity contribution in [2.75, 3.05) is 0 Å². The van der Waals surface area contributed by atoms with Gasteiger partial charge in [0.05, 0.1) is 5.69 Å². The molecule has 0 amide bonds. The van der Waals surface area contributed by atoms with Crippen LogP contribution in [0.1, 0.15) is 18.1 Å². The number of aryl methyl sites for hydroxylation is 1. The predicted octanol–water partition coefficient (Wildman–Crippen LogP) is 4.36. The molecule has 0 unspecified atom stereocenters. The number of hydrogen-bond acceptors (Lipinski definition) is 2. The van der Waals surface area contributed by atoms with E-state index in [1.807, 2.05) is 24.3 Å². The first-order chi connectivity index (χ1) is 8.69. The van der Waals surface area contributed by atoms with Crippen molar-refractivity contribution in [3.8, 4) is 5.75 Å². The van der Waals surface area contributed by atoms with Crippen molar-refractivity contribution in [3.05, 3.63) is 58.6 Å². The number of phenolic OH excluding ortho intramolecular Hbond substituents is 1. The van der Waals surface area contributed by atoms with Crippen LogP contribution in [-0.2, 0) is 6.42 Å². The molecule has 2 aromatic carbocycles. The number of rotatable bonds is 3. The molecule has 0 bridgehead atoms. The van der Waals surface area contributed by atoms with Gasteiger partial charge in [0.1, 0.15) is 5.75 Å². The summed E-state index contributed by atoms with van der Waals surface area (Å²) < 4.78 is 0. The lowest BCUT2D eigenvalue weighted by molar-refractivity contribution is 0.474. The van der Waals surface area contributed by atoms with Gasteiger partial charge in [-0.25, -0.2) is 0 Å². The largest absolute Gasteiger partial charge is 0.507 e. The molecular weight excluding hydrogens is 246 g/mol. The Morgan fingerprint density at radius 1 is 1.17 bits per heavy atom. The zero-order valence-corrected chi connectivity index (χ0v) is 10.9. The molecule has 0 radical (unpaired) electrons. The Bertz CT molecular complexity index is 561. The molecule has 0 aliphatic rings. The predicted molar refractivity (Wildman–Crippen MR) is 76.2 cm³/mol. The summed E-state index contributed by atoms with van der Waals surface area (Å²) in [7, 11) is 0. The van der Waals surface area contributed by atoms with Gasteiger partial charge in [0, 0.05) is 16.8 Å². The molecule has 2 rings (SSSR count). The molecule has 2 nitrogen and oxygen atoms in total. The Morgan fingerprint density at radius 2 is 1.89 bits per heavy atom. The summed E-state index contributed by atoms with van der Waals surface area (Å²) in [4.78, 5) is 4.31. The standard InChI is InChI=1S/C15H14ClNO/c1-2-11-3-6-14(7-4-11)17-10-12-9-13(16)5-8-15(12)18/h3-10,18H,2H2,1H3. The molecule has 0 aliphatic carbocycles. The highest BCUT2D eigenvalue weighted by Gasteiger charge is 1.98. The van der Waals surface area contributed by atoms with Crippen LogP contribution < -0.4 is 0 Å². The summed E-state index contributed by atoms with van der Waals surface area (Å²) in [5.41, 5.74) is 2.74. The smallest absolute Gasteiger partial charge is 0.124 e. The number of hydrogen-bond donors (Lipinski definition) is 1. The van der Waals surface area contributed by atoms with Crippen molar-refractivity contribution in [2.24, 2.45) is 4.99 Å². The second-order valence-corrected chi connectivity index (χ2v) is 4.42. The van der Waals surface area contributed by atoms with Crippen molar-refractivity contribution in [2.45, 2.75) is 13.3 Å². The maximum Gasteiger partial charge on any atom is 0.124 e. The minimum absolute atomic E-state index is 0.174. The van der Waals surface area contributed by atoms with E-state index in [2.05, 4.69) is 11.9 Å². The Balaban J connectivity index is 2.21. The first-order valence-corrected chi connectivity index (χ1v) is 6.18. The highest BCUT2D eigenvalue weighted by Crippen LogP contribution is 2.21. The Hall–Kier alpha value is -1.80. The number of phenols is 1. The van der Waals surface area contributed by atoms with Gasteiger partial charge in [0.2, 0.25) is 0 Å². The van der Waals surface area contributed by atoms with Gasteiger partial charge in [-0.15, -0.1) is 0 Å². The van der Waals surface area contributed by atoms with E-state index in [9.17, 15) is 5.11 Å². The summed E-state index contributed by atoms with van der Waals surface area (Å²) in [5, 5.41) is 10.2. The van der Waals surface area contributed by atoms with Crippen LogP contribution in [0.2, 0.25) is 5.02 Å². The fourth-order valence-corrected chi connectivity index (χ4v) is 1.77. The molecule has 0 aliphatic heterocycles. The molecule has 2 aromatic rings. The highest BCUT2D eigenvalue weighted by atomic mass is 35.5.